The molecule has 2 heterocycles. The maximum atomic E-state index is 13.1. The zero-order valence-electron chi connectivity index (χ0n) is 17.3. The fourth-order valence-corrected chi connectivity index (χ4v) is 3.41. The Morgan fingerprint density at radius 2 is 1.94 bits per heavy atom. The zero-order chi connectivity index (χ0) is 23.8. The van der Waals surface area contributed by atoms with E-state index < -0.39 is 41.2 Å². The number of rotatable bonds is 5. The molecule has 33 heavy (non-hydrogen) atoms. The summed E-state index contributed by atoms with van der Waals surface area (Å²) < 4.78 is 50.6. The summed E-state index contributed by atoms with van der Waals surface area (Å²) in [7, 11) is 0. The molecule has 0 amide bonds. The van der Waals surface area contributed by atoms with Crippen LogP contribution in [0.1, 0.15) is 37.7 Å². The summed E-state index contributed by atoms with van der Waals surface area (Å²) in [6.07, 6.45) is -3.91. The van der Waals surface area contributed by atoms with Crippen LogP contribution >= 0.6 is 0 Å². The van der Waals surface area contributed by atoms with E-state index in [-0.39, 0.29) is 11.4 Å². The van der Waals surface area contributed by atoms with Gasteiger partial charge in [0.15, 0.2) is 12.4 Å². The lowest BCUT2D eigenvalue weighted by Gasteiger charge is -2.13. The van der Waals surface area contributed by atoms with Gasteiger partial charge in [-0.05, 0) is 48.9 Å². The number of ketones is 1. The van der Waals surface area contributed by atoms with Crippen LogP contribution in [-0.2, 0) is 17.3 Å². The second kappa shape index (κ2) is 8.53. The van der Waals surface area contributed by atoms with Gasteiger partial charge in [-0.2, -0.15) is 18.3 Å². The number of carbonyl (C=O) groups is 2. The first-order valence-electron chi connectivity index (χ1n) is 9.88. The van der Waals surface area contributed by atoms with Gasteiger partial charge in [0.25, 0.3) is 0 Å². The molecule has 0 radical (unpaired) electrons. The van der Waals surface area contributed by atoms with Crippen molar-refractivity contribution in [3.05, 3.63) is 86.8 Å². The molecule has 0 bridgehead atoms. The number of aromatic nitrogens is 2. The van der Waals surface area contributed by atoms with Crippen molar-refractivity contribution in [3.63, 3.8) is 0 Å². The molecule has 0 spiro atoms. The number of esters is 1. The number of halogens is 3. The Hall–Kier alpha value is -3.95. The molecule has 0 fully saturated rings. The van der Waals surface area contributed by atoms with Crippen LogP contribution in [0, 0.1) is 6.92 Å². The molecule has 10 heteroatoms. The Morgan fingerprint density at radius 1 is 1.15 bits per heavy atom. The van der Waals surface area contributed by atoms with E-state index in [2.05, 4.69) is 5.10 Å². The van der Waals surface area contributed by atoms with Crippen LogP contribution in [-0.4, -0.2) is 34.7 Å². The minimum Gasteiger partial charge on any atom is -0.493 e. The van der Waals surface area contributed by atoms with Crippen molar-refractivity contribution in [1.82, 2.24) is 9.78 Å². The summed E-state index contributed by atoms with van der Waals surface area (Å²) in [5.41, 5.74) is -0.910. The van der Waals surface area contributed by atoms with Crippen LogP contribution < -0.4 is 10.2 Å². The molecule has 3 aromatic rings. The predicted molar refractivity (Wildman–Crippen MR) is 110 cm³/mol. The van der Waals surface area contributed by atoms with Crippen molar-refractivity contribution in [1.29, 1.82) is 0 Å². The van der Waals surface area contributed by atoms with E-state index in [0.29, 0.717) is 24.3 Å². The lowest BCUT2D eigenvalue weighted by molar-refractivity contribution is -0.137. The lowest BCUT2D eigenvalue weighted by atomic mass is 10.1. The molecule has 2 aromatic carbocycles. The van der Waals surface area contributed by atoms with Crippen molar-refractivity contribution < 1.29 is 32.2 Å². The molecule has 170 valence electrons. The summed E-state index contributed by atoms with van der Waals surface area (Å²) in [5.74, 6) is -0.940. The maximum absolute atomic E-state index is 13.1. The van der Waals surface area contributed by atoms with E-state index in [1.54, 1.807) is 18.2 Å². The molecular formula is C23H17F3N2O5. The van der Waals surface area contributed by atoms with Gasteiger partial charge in [-0.15, -0.1) is 0 Å². The first-order chi connectivity index (χ1) is 15.6. The van der Waals surface area contributed by atoms with E-state index in [0.717, 1.165) is 28.4 Å². The molecule has 0 N–H and O–H groups in total. The van der Waals surface area contributed by atoms with Crippen LogP contribution in [0.3, 0.4) is 0 Å². The lowest BCUT2D eigenvalue weighted by Crippen LogP contribution is -2.26. The second-order valence-electron chi connectivity index (χ2n) is 7.38. The van der Waals surface area contributed by atoms with Crippen molar-refractivity contribution in [2.75, 3.05) is 13.2 Å². The zero-order valence-corrected chi connectivity index (χ0v) is 17.3. The number of ether oxygens (including phenoxy) is 2. The molecule has 0 saturated carbocycles. The highest BCUT2D eigenvalue weighted by molar-refractivity contribution is 5.99. The van der Waals surface area contributed by atoms with Gasteiger partial charge in [0.2, 0.25) is 11.1 Å². The highest BCUT2D eigenvalue weighted by Gasteiger charge is 2.30. The van der Waals surface area contributed by atoms with Crippen LogP contribution in [0.2, 0.25) is 0 Å². The van der Waals surface area contributed by atoms with Crippen molar-refractivity contribution in [3.8, 4) is 11.4 Å². The molecule has 1 aromatic heterocycles. The fourth-order valence-electron chi connectivity index (χ4n) is 3.41. The molecule has 0 saturated heterocycles. The molecule has 0 aliphatic carbocycles. The number of carbonyl (C=O) groups excluding carboxylic acids is 2. The number of benzene rings is 2. The number of fused-ring (bicyclic) bond motifs is 1. The summed E-state index contributed by atoms with van der Waals surface area (Å²) >= 11 is 0. The van der Waals surface area contributed by atoms with Crippen molar-refractivity contribution in [2.45, 2.75) is 19.5 Å². The summed E-state index contributed by atoms with van der Waals surface area (Å²) in [6, 6.07) is 10.2. The van der Waals surface area contributed by atoms with Gasteiger partial charge in [0.1, 0.15) is 5.75 Å². The number of aryl methyl sites for hydroxylation is 1. The molecule has 1 aliphatic rings. The van der Waals surface area contributed by atoms with Crippen molar-refractivity contribution in [2.24, 2.45) is 0 Å². The average Bonchev–Trinajstić information content (AvgIpc) is 3.25. The Labute approximate surface area is 185 Å². The largest absolute Gasteiger partial charge is 0.493 e. The molecule has 4 rings (SSSR count). The third kappa shape index (κ3) is 4.64. The number of Topliss-reactive ketones (excluding diaryl/α,β-unsaturated/α-hetero) is 1. The number of nitrogens with zero attached hydrogens (tertiary/aromatic N) is 2. The molecular weight excluding hydrogens is 441 g/mol. The Bertz CT molecular complexity index is 1310. The fraction of sp³-hybridized carbons (Fsp3) is 0.217. The molecule has 0 unspecified atom stereocenters. The highest BCUT2D eigenvalue weighted by Crippen LogP contribution is 2.30. The van der Waals surface area contributed by atoms with Gasteiger partial charge in [0.05, 0.1) is 17.9 Å². The van der Waals surface area contributed by atoms with E-state index in [9.17, 15) is 27.6 Å². The minimum absolute atomic E-state index is 0.00723. The standard InChI is InChI=1S/C23H17F3N2O5/c1-13-9-18(29)21(27-28(13)17-4-2-3-16(11-17)23(24,25)26)22(31)33-12-19(30)14-5-6-20-15(10-14)7-8-32-20/h2-6,9-11H,7-8,12H2,1H3. The van der Waals surface area contributed by atoms with Crippen LogP contribution in [0.15, 0.2) is 53.3 Å². The molecule has 1 aliphatic heterocycles. The second-order valence-corrected chi connectivity index (χ2v) is 7.38. The van der Waals surface area contributed by atoms with Gasteiger partial charge in [-0.3, -0.25) is 9.59 Å². The third-order valence-electron chi connectivity index (χ3n) is 5.06. The van der Waals surface area contributed by atoms with Crippen LogP contribution in [0.25, 0.3) is 5.69 Å². The normalized spacial score (nSPS) is 12.7. The maximum Gasteiger partial charge on any atom is 0.416 e. The monoisotopic (exact) mass is 458 g/mol. The van der Waals surface area contributed by atoms with Gasteiger partial charge in [0, 0.05) is 23.7 Å². The Balaban J connectivity index is 1.55. The minimum atomic E-state index is -4.57. The summed E-state index contributed by atoms with van der Waals surface area (Å²) in [5, 5.41) is 3.90. The average molecular weight is 458 g/mol. The summed E-state index contributed by atoms with van der Waals surface area (Å²) in [4.78, 5) is 37.1. The number of alkyl halides is 3. The quantitative estimate of drug-likeness (QED) is 0.430. The smallest absolute Gasteiger partial charge is 0.416 e. The van der Waals surface area contributed by atoms with Crippen molar-refractivity contribution >= 4 is 11.8 Å². The van der Waals surface area contributed by atoms with E-state index >= 15 is 0 Å². The van der Waals surface area contributed by atoms with Gasteiger partial charge >= 0.3 is 12.1 Å². The Kier molecular flexibility index (Phi) is 5.75. The first-order valence-corrected chi connectivity index (χ1v) is 9.88. The number of hydrogen-bond acceptors (Lipinski definition) is 6. The van der Waals surface area contributed by atoms with E-state index in [1.165, 1.54) is 19.1 Å². The predicted octanol–water partition coefficient (Wildman–Crippen LogP) is 3.53. The SMILES string of the molecule is Cc1cc(=O)c(C(=O)OCC(=O)c2ccc3c(c2)CCO3)nn1-c1cccc(C(F)(F)F)c1. The topological polar surface area (TPSA) is 87.5 Å². The van der Waals surface area contributed by atoms with Gasteiger partial charge in [-0.25, -0.2) is 9.48 Å². The number of hydrogen-bond donors (Lipinski definition) is 0. The molecule has 0 atom stereocenters. The third-order valence-corrected chi connectivity index (χ3v) is 5.06. The van der Waals surface area contributed by atoms with Crippen LogP contribution in [0.5, 0.6) is 5.75 Å². The first kappa shape index (κ1) is 22.3. The van der Waals surface area contributed by atoms with Crippen LogP contribution in [0.4, 0.5) is 13.2 Å². The summed E-state index contributed by atoms with van der Waals surface area (Å²) in [6.45, 7) is 1.36. The highest BCUT2D eigenvalue weighted by atomic mass is 19.4. The van der Waals surface area contributed by atoms with Gasteiger partial charge < -0.3 is 9.47 Å². The Morgan fingerprint density at radius 3 is 2.70 bits per heavy atom. The molecule has 7 nitrogen and oxygen atoms in total. The van der Waals surface area contributed by atoms with E-state index in [4.69, 9.17) is 9.47 Å². The van der Waals surface area contributed by atoms with E-state index in [1.807, 2.05) is 0 Å². The van der Waals surface area contributed by atoms with Gasteiger partial charge in [-0.1, -0.05) is 6.07 Å².